The van der Waals surface area contributed by atoms with Crippen LogP contribution in [0.2, 0.25) is 0 Å². The topological polar surface area (TPSA) is 75.1 Å². The summed E-state index contributed by atoms with van der Waals surface area (Å²) in [6, 6.07) is 13.1. The lowest BCUT2D eigenvalue weighted by Crippen LogP contribution is -2.45. The van der Waals surface area contributed by atoms with E-state index in [1.807, 2.05) is 12.1 Å². The van der Waals surface area contributed by atoms with E-state index in [0.29, 0.717) is 6.42 Å². The second kappa shape index (κ2) is 8.33. The Kier molecular flexibility index (Phi) is 5.02. The molecule has 1 unspecified atom stereocenters. The maximum absolute atomic E-state index is 11.9. The minimum atomic E-state index is 0.127. The number of hydrogen-bond donors (Lipinski definition) is 2. The van der Waals surface area contributed by atoms with Crippen LogP contribution in [-0.2, 0) is 11.8 Å². The molecule has 7 heteroatoms. The molecule has 1 saturated heterocycles. The predicted octanol–water partition coefficient (Wildman–Crippen LogP) is 4.19. The molecule has 0 saturated carbocycles. The minimum absolute atomic E-state index is 0.127. The predicted molar refractivity (Wildman–Crippen MR) is 135 cm³/mol. The van der Waals surface area contributed by atoms with Gasteiger partial charge in [-0.15, -0.1) is 0 Å². The second-order valence-electron chi connectivity index (χ2n) is 8.98. The van der Waals surface area contributed by atoms with Crippen molar-refractivity contribution in [2.45, 2.75) is 18.9 Å². The van der Waals surface area contributed by atoms with Gasteiger partial charge in [-0.05, 0) is 60.0 Å². The molecule has 2 aromatic heterocycles. The Morgan fingerprint density at radius 1 is 1.12 bits per heavy atom. The molecule has 2 N–H and O–H groups in total. The molecule has 0 spiro atoms. The highest BCUT2D eigenvalue weighted by Crippen LogP contribution is 2.33. The molecule has 2 aliphatic heterocycles. The Labute approximate surface area is 197 Å². The van der Waals surface area contributed by atoms with E-state index in [1.165, 1.54) is 10.9 Å². The number of nitrogens with zero attached hydrogens (tertiary/aromatic N) is 4. The van der Waals surface area contributed by atoms with Crippen molar-refractivity contribution in [2.24, 2.45) is 7.05 Å². The van der Waals surface area contributed by atoms with Gasteiger partial charge < -0.3 is 20.1 Å². The molecule has 1 atom stereocenters. The van der Waals surface area contributed by atoms with Crippen molar-refractivity contribution >= 4 is 33.5 Å². The van der Waals surface area contributed by atoms with Gasteiger partial charge in [-0.2, -0.15) is 0 Å². The number of amides is 1. The fraction of sp³-hybridized carbons (Fsp3) is 0.222. The van der Waals surface area contributed by atoms with Crippen LogP contribution in [0, 0.1) is 0 Å². The van der Waals surface area contributed by atoms with E-state index in [-0.39, 0.29) is 11.9 Å². The Bertz CT molecular complexity index is 1470. The van der Waals surface area contributed by atoms with Gasteiger partial charge in [-0.25, -0.2) is 0 Å². The number of allylic oxidation sites excluding steroid dienone is 2. The first-order valence-corrected chi connectivity index (χ1v) is 11.6. The van der Waals surface area contributed by atoms with Crippen LogP contribution in [0.3, 0.4) is 0 Å². The van der Waals surface area contributed by atoms with E-state index in [9.17, 15) is 4.79 Å². The van der Waals surface area contributed by atoms with Gasteiger partial charge in [-0.1, -0.05) is 12.1 Å². The smallest absolute Gasteiger partial charge is 0.222 e. The van der Waals surface area contributed by atoms with Gasteiger partial charge >= 0.3 is 0 Å². The summed E-state index contributed by atoms with van der Waals surface area (Å²) in [6.45, 7) is 1.47. The molecule has 1 fully saturated rings. The number of hydrogen-bond acceptors (Lipinski definition) is 5. The van der Waals surface area contributed by atoms with Crippen LogP contribution in [0.4, 0.5) is 5.69 Å². The number of fused-ring (bicyclic) bond motifs is 2. The van der Waals surface area contributed by atoms with E-state index < -0.39 is 0 Å². The zero-order valence-corrected chi connectivity index (χ0v) is 19.0. The zero-order valence-electron chi connectivity index (χ0n) is 19.0. The first-order valence-electron chi connectivity index (χ1n) is 11.6. The minimum Gasteiger partial charge on any atom is -0.368 e. The largest absolute Gasteiger partial charge is 0.368 e. The number of carbonyl (C=O) groups is 1. The number of carbonyl (C=O) groups excluding carboxylic acids is 1. The van der Waals surface area contributed by atoms with Gasteiger partial charge in [0, 0.05) is 67.1 Å². The number of aromatic nitrogens is 3. The number of nitrogens with one attached hydrogen (secondary N) is 2. The first kappa shape index (κ1) is 20.5. The molecule has 0 radical (unpaired) electrons. The van der Waals surface area contributed by atoms with Gasteiger partial charge in [0.15, 0.2) is 0 Å². The number of benzene rings is 2. The molecule has 1 amide bonds. The van der Waals surface area contributed by atoms with Gasteiger partial charge in [0.05, 0.1) is 17.6 Å². The highest BCUT2D eigenvalue weighted by molar-refractivity contribution is 5.97. The maximum Gasteiger partial charge on any atom is 0.222 e. The molecular formula is C27H26N6O. The van der Waals surface area contributed by atoms with Crippen LogP contribution in [0.25, 0.3) is 33.1 Å². The van der Waals surface area contributed by atoms with Crippen molar-refractivity contribution in [3.8, 4) is 11.1 Å². The number of aryl methyl sites for hydroxylation is 1. The van der Waals surface area contributed by atoms with E-state index >= 15 is 0 Å². The highest BCUT2D eigenvalue weighted by Gasteiger charge is 2.24. The van der Waals surface area contributed by atoms with E-state index in [0.717, 1.165) is 53.1 Å². The molecule has 2 aromatic carbocycles. The molecule has 0 bridgehead atoms. The SMILES string of the molecule is Cn1ccc2ccc(-c3cc(NC4=CC=CN(C5CCNC(=O)C5)C4)cc4nccnc34)cc21. The normalized spacial score (nSPS) is 18.3. The summed E-state index contributed by atoms with van der Waals surface area (Å²) >= 11 is 0. The van der Waals surface area contributed by atoms with Crippen LogP contribution in [-0.4, -0.2) is 44.5 Å². The number of piperidine rings is 1. The molecule has 4 heterocycles. The third-order valence-electron chi connectivity index (χ3n) is 6.70. The summed E-state index contributed by atoms with van der Waals surface area (Å²) in [5.74, 6) is 0.127. The fourth-order valence-corrected chi connectivity index (χ4v) is 4.94. The van der Waals surface area contributed by atoms with Gasteiger partial charge in [0.1, 0.15) is 0 Å². The quantitative estimate of drug-likeness (QED) is 0.488. The van der Waals surface area contributed by atoms with Crippen molar-refractivity contribution in [1.29, 1.82) is 0 Å². The fourth-order valence-electron chi connectivity index (χ4n) is 4.94. The second-order valence-corrected chi connectivity index (χ2v) is 8.98. The monoisotopic (exact) mass is 450 g/mol. The van der Waals surface area contributed by atoms with Crippen LogP contribution < -0.4 is 10.6 Å². The Balaban J connectivity index is 1.33. The van der Waals surface area contributed by atoms with Gasteiger partial charge in [0.2, 0.25) is 5.91 Å². The molecule has 0 aliphatic carbocycles. The third-order valence-corrected chi connectivity index (χ3v) is 6.70. The highest BCUT2D eigenvalue weighted by atomic mass is 16.1. The van der Waals surface area contributed by atoms with Crippen LogP contribution in [0.5, 0.6) is 0 Å². The average molecular weight is 451 g/mol. The zero-order chi connectivity index (χ0) is 23.1. The first-order chi connectivity index (χ1) is 16.6. The summed E-state index contributed by atoms with van der Waals surface area (Å²) in [4.78, 5) is 23.4. The Morgan fingerprint density at radius 3 is 2.94 bits per heavy atom. The molecule has 170 valence electrons. The summed E-state index contributed by atoms with van der Waals surface area (Å²) in [5, 5.41) is 7.74. The summed E-state index contributed by atoms with van der Waals surface area (Å²) in [6.07, 6.45) is 13.3. The van der Waals surface area contributed by atoms with E-state index in [4.69, 9.17) is 0 Å². The standard InChI is InChI=1S/C27H26N6O/c1-32-12-7-18-4-5-19(13-25(18)32)23-14-21(15-24-27(23)30-10-9-28-24)31-20-3-2-11-33(17-20)22-6-8-29-26(34)16-22/h2-5,7,9-15,22,31H,6,8,16-17H2,1H3,(H,29,34). The van der Waals surface area contributed by atoms with Crippen molar-refractivity contribution < 1.29 is 4.79 Å². The van der Waals surface area contributed by atoms with E-state index in [1.54, 1.807) is 12.4 Å². The molecule has 34 heavy (non-hydrogen) atoms. The molecule has 6 rings (SSSR count). The summed E-state index contributed by atoms with van der Waals surface area (Å²) in [5.41, 5.74) is 7.12. The lowest BCUT2D eigenvalue weighted by molar-refractivity contribution is -0.123. The number of anilines is 1. The van der Waals surface area contributed by atoms with Crippen molar-refractivity contribution in [3.05, 3.63) is 79.0 Å². The summed E-state index contributed by atoms with van der Waals surface area (Å²) in [7, 11) is 2.06. The van der Waals surface area contributed by atoms with Crippen molar-refractivity contribution in [2.75, 3.05) is 18.4 Å². The Hall–Kier alpha value is -4.13. The maximum atomic E-state index is 11.9. The average Bonchev–Trinajstić information content (AvgIpc) is 3.24. The third kappa shape index (κ3) is 3.79. The van der Waals surface area contributed by atoms with Crippen LogP contribution >= 0.6 is 0 Å². The lowest BCUT2D eigenvalue weighted by Gasteiger charge is -2.35. The van der Waals surface area contributed by atoms with Crippen LogP contribution in [0.1, 0.15) is 12.8 Å². The van der Waals surface area contributed by atoms with E-state index in [2.05, 4.69) is 85.9 Å². The molecule has 7 nitrogen and oxygen atoms in total. The lowest BCUT2D eigenvalue weighted by atomic mass is 10.0. The van der Waals surface area contributed by atoms with Gasteiger partial charge in [-0.3, -0.25) is 14.8 Å². The molecular weight excluding hydrogens is 424 g/mol. The summed E-state index contributed by atoms with van der Waals surface area (Å²) < 4.78 is 2.13. The van der Waals surface area contributed by atoms with Gasteiger partial charge in [0.25, 0.3) is 0 Å². The number of rotatable bonds is 4. The van der Waals surface area contributed by atoms with Crippen molar-refractivity contribution in [1.82, 2.24) is 24.8 Å². The Morgan fingerprint density at radius 2 is 2.03 bits per heavy atom. The molecule has 4 aromatic rings. The molecule has 2 aliphatic rings. The van der Waals surface area contributed by atoms with Crippen molar-refractivity contribution in [3.63, 3.8) is 0 Å². The van der Waals surface area contributed by atoms with Crippen LogP contribution in [0.15, 0.2) is 79.0 Å².